The first-order valence-electron chi connectivity index (χ1n) is 2.18. The maximum absolute atomic E-state index is 8.64. The van der Waals surface area contributed by atoms with E-state index in [-0.39, 0.29) is 5.05 Å². The van der Waals surface area contributed by atoms with E-state index in [0.717, 1.165) is 0 Å². The van der Waals surface area contributed by atoms with Crippen molar-refractivity contribution in [3.8, 4) is 0 Å². The van der Waals surface area contributed by atoms with E-state index in [2.05, 4.69) is 23.5 Å². The van der Waals surface area contributed by atoms with Crippen molar-refractivity contribution in [2.75, 3.05) is 0 Å². The van der Waals surface area contributed by atoms with E-state index < -0.39 is 6.10 Å². The quantitative estimate of drug-likeness (QED) is 0.446. The van der Waals surface area contributed by atoms with E-state index >= 15 is 0 Å². The van der Waals surface area contributed by atoms with Crippen LogP contribution in [0.2, 0.25) is 0 Å². The van der Waals surface area contributed by atoms with Crippen LogP contribution < -0.4 is 0 Å². The molecular formula is C5H8O2S. The Balaban J connectivity index is 3.48. The van der Waals surface area contributed by atoms with Crippen LogP contribution in [-0.4, -0.2) is 16.3 Å². The number of aliphatic hydroxyl groups is 1. The molecule has 1 N–H and O–H groups in total. The highest BCUT2D eigenvalue weighted by Crippen LogP contribution is 1.88. The standard InChI is InChI=1S/C5H8O2S/c1-3-7-5(8)4(2)6/h3-4,6H,1H2,2H3. The average Bonchev–Trinajstić information content (AvgIpc) is 1.67. The highest BCUT2D eigenvalue weighted by atomic mass is 32.1. The Morgan fingerprint density at radius 3 is 2.62 bits per heavy atom. The minimum Gasteiger partial charge on any atom is -0.456 e. The summed E-state index contributed by atoms with van der Waals surface area (Å²) >= 11 is 4.53. The monoisotopic (exact) mass is 132 g/mol. The van der Waals surface area contributed by atoms with Gasteiger partial charge in [0.25, 0.3) is 0 Å². The molecular weight excluding hydrogens is 124 g/mol. The second kappa shape index (κ2) is 3.57. The maximum atomic E-state index is 8.64. The summed E-state index contributed by atoms with van der Waals surface area (Å²) in [5.74, 6) is 0. The first-order valence-corrected chi connectivity index (χ1v) is 2.58. The number of hydrogen-bond donors (Lipinski definition) is 1. The number of ether oxygens (including phenoxy) is 1. The van der Waals surface area contributed by atoms with Gasteiger partial charge < -0.3 is 9.84 Å². The van der Waals surface area contributed by atoms with Gasteiger partial charge in [0.2, 0.25) is 0 Å². The summed E-state index contributed by atoms with van der Waals surface area (Å²) < 4.78 is 4.55. The number of hydrogen-bond acceptors (Lipinski definition) is 3. The van der Waals surface area contributed by atoms with Crippen molar-refractivity contribution in [2.24, 2.45) is 0 Å². The lowest BCUT2D eigenvalue weighted by Gasteiger charge is -2.02. The van der Waals surface area contributed by atoms with Gasteiger partial charge >= 0.3 is 0 Å². The summed E-state index contributed by atoms with van der Waals surface area (Å²) in [6.07, 6.45) is 0.498. The lowest BCUT2D eigenvalue weighted by atomic mass is 10.4. The summed E-state index contributed by atoms with van der Waals surface area (Å²) in [7, 11) is 0. The molecule has 2 nitrogen and oxygen atoms in total. The van der Waals surface area contributed by atoms with Crippen molar-refractivity contribution >= 4 is 17.3 Å². The van der Waals surface area contributed by atoms with Gasteiger partial charge in [0.05, 0.1) is 6.26 Å². The third kappa shape index (κ3) is 2.71. The van der Waals surface area contributed by atoms with Crippen LogP contribution in [0.4, 0.5) is 0 Å². The van der Waals surface area contributed by atoms with E-state index in [9.17, 15) is 0 Å². The predicted octanol–water partition coefficient (Wildman–Crippen LogP) is 0.855. The van der Waals surface area contributed by atoms with Gasteiger partial charge in [-0.2, -0.15) is 0 Å². The molecule has 0 aromatic carbocycles. The molecule has 0 heterocycles. The largest absolute Gasteiger partial charge is 0.456 e. The van der Waals surface area contributed by atoms with Crippen molar-refractivity contribution in [3.63, 3.8) is 0 Å². The van der Waals surface area contributed by atoms with Gasteiger partial charge in [-0.3, -0.25) is 0 Å². The molecule has 0 bridgehead atoms. The maximum Gasteiger partial charge on any atom is 0.194 e. The van der Waals surface area contributed by atoms with Crippen LogP contribution in [0.5, 0.6) is 0 Å². The minimum absolute atomic E-state index is 0.153. The van der Waals surface area contributed by atoms with Gasteiger partial charge in [-0.15, -0.1) is 0 Å². The van der Waals surface area contributed by atoms with Crippen molar-refractivity contribution in [1.82, 2.24) is 0 Å². The molecule has 0 aliphatic carbocycles. The molecule has 8 heavy (non-hydrogen) atoms. The van der Waals surface area contributed by atoms with E-state index in [1.807, 2.05) is 0 Å². The van der Waals surface area contributed by atoms with E-state index in [4.69, 9.17) is 5.11 Å². The van der Waals surface area contributed by atoms with Crippen molar-refractivity contribution in [2.45, 2.75) is 13.0 Å². The van der Waals surface area contributed by atoms with Crippen molar-refractivity contribution in [1.29, 1.82) is 0 Å². The Morgan fingerprint density at radius 1 is 2.00 bits per heavy atom. The average molecular weight is 132 g/mol. The molecule has 1 atom stereocenters. The summed E-state index contributed by atoms with van der Waals surface area (Å²) in [6.45, 7) is 4.80. The van der Waals surface area contributed by atoms with Gasteiger partial charge in [0, 0.05) is 0 Å². The molecule has 0 saturated heterocycles. The molecule has 0 aliphatic rings. The zero-order valence-corrected chi connectivity index (χ0v) is 5.44. The molecule has 0 aliphatic heterocycles. The zero-order chi connectivity index (χ0) is 6.57. The fraction of sp³-hybridized carbons (Fsp3) is 0.400. The van der Waals surface area contributed by atoms with Gasteiger partial charge in [-0.1, -0.05) is 6.58 Å². The van der Waals surface area contributed by atoms with Crippen LogP contribution >= 0.6 is 12.2 Å². The number of rotatable bonds is 2. The van der Waals surface area contributed by atoms with Crippen LogP contribution in [0.15, 0.2) is 12.8 Å². The normalized spacial score (nSPS) is 12.2. The summed E-state index contributed by atoms with van der Waals surface area (Å²) in [5.41, 5.74) is 0. The first kappa shape index (κ1) is 7.59. The van der Waals surface area contributed by atoms with Crippen LogP contribution in [-0.2, 0) is 4.74 Å². The van der Waals surface area contributed by atoms with Crippen LogP contribution in [0.25, 0.3) is 0 Å². The Kier molecular flexibility index (Phi) is 3.39. The fourth-order valence-electron chi connectivity index (χ4n) is 0.181. The van der Waals surface area contributed by atoms with Crippen LogP contribution in [0.3, 0.4) is 0 Å². The van der Waals surface area contributed by atoms with Gasteiger partial charge in [0.1, 0.15) is 6.10 Å². The first-order chi connectivity index (χ1) is 3.68. The molecule has 0 rings (SSSR count). The molecule has 0 aromatic rings. The second-order valence-corrected chi connectivity index (χ2v) is 1.68. The number of aliphatic hydroxyl groups excluding tert-OH is 1. The summed E-state index contributed by atoms with van der Waals surface area (Å²) in [6, 6.07) is 0. The Labute approximate surface area is 53.8 Å². The smallest absolute Gasteiger partial charge is 0.194 e. The molecule has 46 valence electrons. The second-order valence-electron chi connectivity index (χ2n) is 1.28. The molecule has 0 spiro atoms. The van der Waals surface area contributed by atoms with Crippen molar-refractivity contribution in [3.05, 3.63) is 12.8 Å². The van der Waals surface area contributed by atoms with E-state index in [0.29, 0.717) is 0 Å². The fourth-order valence-corrected chi connectivity index (χ4v) is 0.249. The summed E-state index contributed by atoms with van der Waals surface area (Å²) in [4.78, 5) is 0. The molecule has 3 heteroatoms. The Hall–Kier alpha value is -0.410. The molecule has 0 amide bonds. The third-order valence-corrected chi connectivity index (χ3v) is 0.978. The van der Waals surface area contributed by atoms with Crippen LogP contribution in [0, 0.1) is 0 Å². The molecule has 0 fully saturated rings. The molecule has 0 saturated carbocycles. The predicted molar refractivity (Wildman–Crippen MR) is 35.6 cm³/mol. The highest BCUT2D eigenvalue weighted by molar-refractivity contribution is 7.80. The molecule has 0 aromatic heterocycles. The van der Waals surface area contributed by atoms with Gasteiger partial charge in [0.15, 0.2) is 5.05 Å². The minimum atomic E-state index is -0.692. The van der Waals surface area contributed by atoms with Crippen LogP contribution in [0.1, 0.15) is 6.92 Å². The summed E-state index contributed by atoms with van der Waals surface area (Å²) in [5, 5.41) is 8.79. The SMILES string of the molecule is C=COC(=S)C(C)O. The topological polar surface area (TPSA) is 29.5 Å². The number of thiocarbonyl (C=S) groups is 1. The van der Waals surface area contributed by atoms with Gasteiger partial charge in [-0.05, 0) is 19.1 Å². The zero-order valence-electron chi connectivity index (χ0n) is 4.63. The lowest BCUT2D eigenvalue weighted by molar-refractivity contribution is 0.236. The van der Waals surface area contributed by atoms with E-state index in [1.54, 1.807) is 0 Å². The lowest BCUT2D eigenvalue weighted by Crippen LogP contribution is -2.14. The van der Waals surface area contributed by atoms with E-state index in [1.165, 1.54) is 13.2 Å². The molecule has 0 radical (unpaired) electrons. The Morgan fingerprint density at radius 2 is 2.50 bits per heavy atom. The van der Waals surface area contributed by atoms with Gasteiger partial charge in [-0.25, -0.2) is 0 Å². The molecule has 1 unspecified atom stereocenters. The Bertz CT molecular complexity index is 98.6. The highest BCUT2D eigenvalue weighted by Gasteiger charge is 2.01. The van der Waals surface area contributed by atoms with Crippen molar-refractivity contribution < 1.29 is 9.84 Å². The third-order valence-electron chi connectivity index (χ3n) is 0.541.